The lowest BCUT2D eigenvalue weighted by Crippen LogP contribution is -2.23. The first-order valence-electron chi connectivity index (χ1n) is 5.78. The van der Waals surface area contributed by atoms with E-state index in [1.165, 1.54) is 0 Å². The highest BCUT2D eigenvalue weighted by Crippen LogP contribution is 2.36. The van der Waals surface area contributed by atoms with E-state index < -0.39 is 0 Å². The molecule has 0 saturated heterocycles. The predicted octanol–water partition coefficient (Wildman–Crippen LogP) is 4.22. The average molecular weight is 333 g/mol. The largest absolute Gasteiger partial charge is 0.497 e. The van der Waals surface area contributed by atoms with Crippen molar-refractivity contribution in [1.29, 1.82) is 0 Å². The molecule has 1 unspecified atom stereocenters. The van der Waals surface area contributed by atoms with Crippen molar-refractivity contribution in [1.82, 2.24) is 0 Å². The summed E-state index contributed by atoms with van der Waals surface area (Å²) < 4.78 is 11.7. The summed E-state index contributed by atoms with van der Waals surface area (Å²) in [7, 11) is 1.64. The van der Waals surface area contributed by atoms with Crippen LogP contribution in [0.25, 0.3) is 0 Å². The van der Waals surface area contributed by atoms with Crippen molar-refractivity contribution >= 4 is 33.2 Å². The van der Waals surface area contributed by atoms with Crippen LogP contribution in [0.1, 0.15) is 12.8 Å². The van der Waals surface area contributed by atoms with Gasteiger partial charge in [0.1, 0.15) is 6.10 Å². The van der Waals surface area contributed by atoms with Gasteiger partial charge in [0.25, 0.3) is 0 Å². The predicted molar refractivity (Wildman–Crippen MR) is 77.4 cm³/mol. The van der Waals surface area contributed by atoms with Gasteiger partial charge >= 0.3 is 0 Å². The fourth-order valence-electron chi connectivity index (χ4n) is 1.86. The molecule has 0 aliphatic carbocycles. The van der Waals surface area contributed by atoms with Crippen molar-refractivity contribution in [2.75, 3.05) is 19.0 Å². The van der Waals surface area contributed by atoms with Crippen molar-refractivity contribution in [2.24, 2.45) is 0 Å². The van der Waals surface area contributed by atoms with Gasteiger partial charge in [-0.05, 0) is 47.0 Å². The Morgan fingerprint density at radius 3 is 3.06 bits per heavy atom. The van der Waals surface area contributed by atoms with Gasteiger partial charge in [0, 0.05) is 5.02 Å². The molecule has 0 saturated carbocycles. The van der Waals surface area contributed by atoms with E-state index in [1.807, 2.05) is 18.2 Å². The summed E-state index contributed by atoms with van der Waals surface area (Å²) in [5, 5.41) is 3.98. The third-order valence-electron chi connectivity index (χ3n) is 2.76. The number of nitrogens with one attached hydrogen (secondary N) is 1. The fourth-order valence-corrected chi connectivity index (χ4v) is 2.83. The third kappa shape index (κ3) is 3.33. The minimum Gasteiger partial charge on any atom is -0.497 e. The molecule has 0 fully saturated rings. The maximum atomic E-state index is 6.03. The Labute approximate surface area is 120 Å². The Morgan fingerprint density at radius 2 is 2.39 bits per heavy atom. The minimum absolute atomic E-state index is 0.192. The van der Waals surface area contributed by atoms with E-state index in [1.54, 1.807) is 13.4 Å². The van der Waals surface area contributed by atoms with Gasteiger partial charge in [0.2, 0.25) is 0 Å². The summed E-state index contributed by atoms with van der Waals surface area (Å²) in [4.78, 5) is 0. The molecule has 2 rings (SSSR count). The molecule has 1 heterocycles. The summed E-state index contributed by atoms with van der Waals surface area (Å²) in [6, 6.07) is 3.66. The highest BCUT2D eigenvalue weighted by atomic mass is 79.9. The summed E-state index contributed by atoms with van der Waals surface area (Å²) >= 11 is 9.46. The number of benzene rings is 1. The number of halogens is 2. The quantitative estimate of drug-likeness (QED) is 0.895. The number of hydrogen-bond acceptors (Lipinski definition) is 3. The summed E-state index contributed by atoms with van der Waals surface area (Å²) in [5.41, 5.74) is 0.870. The van der Waals surface area contributed by atoms with Crippen molar-refractivity contribution < 1.29 is 9.47 Å². The van der Waals surface area contributed by atoms with Crippen LogP contribution in [-0.4, -0.2) is 19.8 Å². The van der Waals surface area contributed by atoms with E-state index in [2.05, 4.69) is 21.2 Å². The SMILES string of the molecule is COc1c(Br)cc(Cl)cc1NCC1CCC=CO1. The van der Waals surface area contributed by atoms with Crippen LogP contribution in [0.15, 0.2) is 28.9 Å². The fraction of sp³-hybridized carbons (Fsp3) is 0.385. The lowest BCUT2D eigenvalue weighted by Gasteiger charge is -2.21. The molecule has 0 spiro atoms. The van der Waals surface area contributed by atoms with E-state index in [4.69, 9.17) is 21.1 Å². The number of rotatable bonds is 4. The molecule has 0 radical (unpaired) electrons. The molecule has 0 aromatic heterocycles. The summed E-state index contributed by atoms with van der Waals surface area (Å²) in [6.45, 7) is 0.730. The molecule has 1 aromatic carbocycles. The van der Waals surface area contributed by atoms with Gasteiger partial charge in [-0.25, -0.2) is 0 Å². The molecule has 1 aliphatic rings. The van der Waals surface area contributed by atoms with E-state index in [0.29, 0.717) is 5.02 Å². The molecule has 3 nitrogen and oxygen atoms in total. The van der Waals surface area contributed by atoms with Crippen molar-refractivity contribution in [3.8, 4) is 5.75 Å². The smallest absolute Gasteiger partial charge is 0.156 e. The van der Waals surface area contributed by atoms with Crippen LogP contribution in [0, 0.1) is 0 Å². The number of allylic oxidation sites excluding steroid dienone is 1. The van der Waals surface area contributed by atoms with Gasteiger partial charge in [-0.15, -0.1) is 0 Å². The monoisotopic (exact) mass is 331 g/mol. The molecule has 0 amide bonds. The Morgan fingerprint density at radius 1 is 1.56 bits per heavy atom. The van der Waals surface area contributed by atoms with Crippen LogP contribution in [0.3, 0.4) is 0 Å². The zero-order valence-corrected chi connectivity index (χ0v) is 12.4. The zero-order chi connectivity index (χ0) is 13.0. The Kier molecular flexibility index (Phi) is 4.78. The molecule has 98 valence electrons. The summed E-state index contributed by atoms with van der Waals surface area (Å²) in [6.07, 6.45) is 6.07. The van der Waals surface area contributed by atoms with Crippen LogP contribution >= 0.6 is 27.5 Å². The number of hydrogen-bond donors (Lipinski definition) is 1. The number of anilines is 1. The van der Waals surface area contributed by atoms with Crippen LogP contribution < -0.4 is 10.1 Å². The second kappa shape index (κ2) is 6.34. The van der Waals surface area contributed by atoms with Gasteiger partial charge in [-0.2, -0.15) is 0 Å². The van der Waals surface area contributed by atoms with Gasteiger partial charge in [-0.3, -0.25) is 0 Å². The molecular formula is C13H15BrClNO2. The molecule has 1 atom stereocenters. The van der Waals surface area contributed by atoms with Gasteiger partial charge in [0.15, 0.2) is 5.75 Å². The molecule has 1 aromatic rings. The maximum absolute atomic E-state index is 6.03. The van der Waals surface area contributed by atoms with E-state index >= 15 is 0 Å². The molecule has 5 heteroatoms. The normalized spacial score (nSPS) is 18.3. The summed E-state index contributed by atoms with van der Waals surface area (Å²) in [5.74, 6) is 0.755. The van der Waals surface area contributed by atoms with Crippen molar-refractivity contribution in [2.45, 2.75) is 18.9 Å². The Balaban J connectivity index is 2.06. The van der Waals surface area contributed by atoms with E-state index in [9.17, 15) is 0 Å². The molecule has 18 heavy (non-hydrogen) atoms. The van der Waals surface area contributed by atoms with Gasteiger partial charge in [-0.1, -0.05) is 11.6 Å². The van der Waals surface area contributed by atoms with Crippen LogP contribution in [0.5, 0.6) is 5.75 Å². The molecular weight excluding hydrogens is 318 g/mol. The Bertz CT molecular complexity index is 451. The van der Waals surface area contributed by atoms with Gasteiger partial charge < -0.3 is 14.8 Å². The zero-order valence-electron chi connectivity index (χ0n) is 10.1. The Hall–Kier alpha value is -0.870. The van der Waals surface area contributed by atoms with Crippen LogP contribution in [-0.2, 0) is 4.74 Å². The first-order valence-corrected chi connectivity index (χ1v) is 6.95. The van der Waals surface area contributed by atoms with Crippen molar-refractivity contribution in [3.05, 3.63) is 34.0 Å². The average Bonchev–Trinajstić information content (AvgIpc) is 2.37. The number of ether oxygens (including phenoxy) is 2. The second-order valence-corrected chi connectivity index (χ2v) is 5.35. The highest BCUT2D eigenvalue weighted by Gasteiger charge is 2.14. The van der Waals surface area contributed by atoms with E-state index in [-0.39, 0.29) is 6.10 Å². The minimum atomic E-state index is 0.192. The van der Waals surface area contributed by atoms with Gasteiger partial charge in [0.05, 0.1) is 30.1 Å². The lowest BCUT2D eigenvalue weighted by atomic mass is 10.1. The van der Waals surface area contributed by atoms with Crippen LogP contribution in [0.2, 0.25) is 5.02 Å². The third-order valence-corrected chi connectivity index (χ3v) is 3.56. The molecule has 0 bridgehead atoms. The van der Waals surface area contributed by atoms with Crippen LogP contribution in [0.4, 0.5) is 5.69 Å². The van der Waals surface area contributed by atoms with E-state index in [0.717, 1.165) is 35.3 Å². The second-order valence-electron chi connectivity index (χ2n) is 4.06. The molecule has 1 aliphatic heterocycles. The van der Waals surface area contributed by atoms with Crippen molar-refractivity contribution in [3.63, 3.8) is 0 Å². The first-order chi connectivity index (χ1) is 8.70. The lowest BCUT2D eigenvalue weighted by molar-refractivity contribution is 0.135. The first kappa shape index (κ1) is 13.6. The number of methoxy groups -OCH3 is 1. The standard InChI is InChI=1S/C13H15BrClNO2/c1-17-13-11(14)6-9(15)7-12(13)16-8-10-4-2-3-5-18-10/h3,5-7,10,16H,2,4,8H2,1H3. The molecule has 1 N–H and O–H groups in total. The highest BCUT2D eigenvalue weighted by molar-refractivity contribution is 9.10. The topological polar surface area (TPSA) is 30.5 Å². The maximum Gasteiger partial charge on any atom is 0.156 e.